The van der Waals surface area contributed by atoms with Gasteiger partial charge in [0.05, 0.1) is 18.8 Å². The van der Waals surface area contributed by atoms with Crippen molar-refractivity contribution in [3.63, 3.8) is 0 Å². The fraction of sp³-hybridized carbons (Fsp3) is 0.238. The number of ether oxygens (including phenoxy) is 1. The van der Waals surface area contributed by atoms with Crippen LogP contribution in [0.2, 0.25) is 10.0 Å². The lowest BCUT2D eigenvalue weighted by atomic mass is 10.1. The first-order chi connectivity index (χ1) is 13.4. The second-order valence-electron chi connectivity index (χ2n) is 6.33. The molecule has 3 aromatic rings. The lowest BCUT2D eigenvalue weighted by molar-refractivity contribution is 0.106. The highest BCUT2D eigenvalue weighted by Gasteiger charge is 2.23. The van der Waals surface area contributed by atoms with Crippen LogP contribution in [0.4, 0.5) is 0 Å². The quantitative estimate of drug-likeness (QED) is 0.418. The fourth-order valence-corrected chi connectivity index (χ4v) is 3.43. The highest BCUT2D eigenvalue weighted by atomic mass is 35.5. The van der Waals surface area contributed by atoms with Crippen LogP contribution in [0.3, 0.4) is 0 Å². The summed E-state index contributed by atoms with van der Waals surface area (Å²) in [7, 11) is 0. The van der Waals surface area contributed by atoms with Crippen molar-refractivity contribution in [3.05, 3.63) is 74.9 Å². The molecule has 0 unspecified atom stereocenters. The molecule has 0 aliphatic carbocycles. The smallest absolute Gasteiger partial charge is 0.273 e. The molecule has 146 valence electrons. The first-order valence-corrected chi connectivity index (χ1v) is 9.92. The Morgan fingerprint density at radius 2 is 1.86 bits per heavy atom. The number of aromatic nitrogens is 2. The van der Waals surface area contributed by atoms with Crippen LogP contribution in [0.25, 0.3) is 11.3 Å². The molecular weight excluding hydrogens is 419 g/mol. The summed E-state index contributed by atoms with van der Waals surface area (Å²) in [4.78, 5) is 12.0. The van der Waals surface area contributed by atoms with Crippen LogP contribution in [-0.4, -0.2) is 21.6 Å². The van der Waals surface area contributed by atoms with Gasteiger partial charge in [-0.2, -0.15) is 5.10 Å². The number of aryl methyl sites for hydroxylation is 1. The molecule has 2 aromatic carbocycles. The van der Waals surface area contributed by atoms with Gasteiger partial charge in [-0.1, -0.05) is 47.5 Å². The number of carbonyl (C=O) groups is 1. The van der Waals surface area contributed by atoms with E-state index in [1.807, 2.05) is 44.2 Å². The average Bonchev–Trinajstić information content (AvgIpc) is 3.02. The second kappa shape index (κ2) is 9.10. The Balaban J connectivity index is 2.14. The first kappa shape index (κ1) is 20.9. The van der Waals surface area contributed by atoms with Crippen molar-refractivity contribution in [2.24, 2.45) is 0 Å². The van der Waals surface area contributed by atoms with E-state index < -0.39 is 5.24 Å². The summed E-state index contributed by atoms with van der Waals surface area (Å²) in [6.45, 7) is 5.01. The van der Waals surface area contributed by atoms with Gasteiger partial charge in [-0.15, -0.1) is 0 Å². The molecule has 0 radical (unpaired) electrons. The van der Waals surface area contributed by atoms with E-state index in [0.29, 0.717) is 28.8 Å². The highest BCUT2D eigenvalue weighted by molar-refractivity contribution is 6.67. The van der Waals surface area contributed by atoms with Crippen molar-refractivity contribution in [1.29, 1.82) is 0 Å². The van der Waals surface area contributed by atoms with Gasteiger partial charge in [0, 0.05) is 27.8 Å². The second-order valence-corrected chi connectivity index (χ2v) is 7.52. The third-order valence-corrected chi connectivity index (χ3v) is 5.21. The van der Waals surface area contributed by atoms with Crippen LogP contribution >= 0.6 is 34.8 Å². The van der Waals surface area contributed by atoms with Gasteiger partial charge in [0.25, 0.3) is 5.24 Å². The highest BCUT2D eigenvalue weighted by Crippen LogP contribution is 2.30. The molecule has 0 atom stereocenters. The molecular formula is C21H19Cl3N2O2. The molecule has 1 aromatic heterocycles. The molecule has 0 N–H and O–H groups in total. The maximum Gasteiger partial charge on any atom is 0.273 e. The summed E-state index contributed by atoms with van der Waals surface area (Å²) < 4.78 is 7.34. The summed E-state index contributed by atoms with van der Waals surface area (Å²) in [5.74, 6) is 0. The van der Waals surface area contributed by atoms with Gasteiger partial charge in [-0.05, 0) is 54.8 Å². The molecule has 0 aliphatic rings. The predicted molar refractivity (Wildman–Crippen MR) is 113 cm³/mol. The van der Waals surface area contributed by atoms with E-state index in [-0.39, 0.29) is 12.3 Å². The fourth-order valence-electron chi connectivity index (χ4n) is 2.95. The third-order valence-electron chi connectivity index (χ3n) is 4.37. The van der Waals surface area contributed by atoms with Gasteiger partial charge >= 0.3 is 0 Å². The van der Waals surface area contributed by atoms with Gasteiger partial charge in [0.15, 0.2) is 5.69 Å². The number of rotatable bonds is 7. The predicted octanol–water partition coefficient (Wildman–Crippen LogP) is 6.13. The van der Waals surface area contributed by atoms with Gasteiger partial charge in [0.2, 0.25) is 0 Å². The van der Waals surface area contributed by atoms with Crippen molar-refractivity contribution in [3.8, 4) is 11.3 Å². The lowest BCUT2D eigenvalue weighted by Crippen LogP contribution is -2.05. The van der Waals surface area contributed by atoms with Crippen LogP contribution in [-0.2, 0) is 17.9 Å². The standard InChI is InChI=1S/C21H19Cl3N2O2/c1-3-28-12-17-19(21(24)27)25-26(11-14-5-4-13(2)18(23)10-14)20(17)15-6-8-16(22)9-7-15/h4-10H,3,11-12H2,1-2H3. The van der Waals surface area contributed by atoms with E-state index in [1.54, 1.807) is 16.8 Å². The van der Waals surface area contributed by atoms with E-state index in [0.717, 1.165) is 22.4 Å². The molecule has 0 fully saturated rings. The van der Waals surface area contributed by atoms with E-state index in [1.165, 1.54) is 0 Å². The Morgan fingerprint density at radius 3 is 2.46 bits per heavy atom. The largest absolute Gasteiger partial charge is 0.377 e. The van der Waals surface area contributed by atoms with Gasteiger partial charge < -0.3 is 4.74 Å². The first-order valence-electron chi connectivity index (χ1n) is 8.79. The maximum absolute atomic E-state index is 12.0. The third kappa shape index (κ3) is 4.58. The molecule has 4 nitrogen and oxygen atoms in total. The van der Waals surface area contributed by atoms with Crippen molar-refractivity contribution < 1.29 is 9.53 Å². The van der Waals surface area contributed by atoms with Crippen molar-refractivity contribution in [2.45, 2.75) is 27.0 Å². The Kier molecular flexibility index (Phi) is 6.78. The Morgan fingerprint density at radius 1 is 1.14 bits per heavy atom. The summed E-state index contributed by atoms with van der Waals surface area (Å²) in [6.07, 6.45) is 0. The van der Waals surface area contributed by atoms with Crippen molar-refractivity contribution in [1.82, 2.24) is 9.78 Å². The minimum absolute atomic E-state index is 0.193. The maximum atomic E-state index is 12.0. The number of benzene rings is 2. The number of carbonyl (C=O) groups excluding carboxylic acids is 1. The van der Waals surface area contributed by atoms with Gasteiger partial charge in [-0.25, -0.2) is 0 Å². The molecule has 3 rings (SSSR count). The van der Waals surface area contributed by atoms with E-state index in [9.17, 15) is 4.79 Å². The summed E-state index contributed by atoms with van der Waals surface area (Å²) >= 11 is 18.1. The Hall–Kier alpha value is -1.85. The molecule has 0 bridgehead atoms. The topological polar surface area (TPSA) is 44.1 Å². The van der Waals surface area contributed by atoms with Crippen LogP contribution < -0.4 is 0 Å². The zero-order valence-electron chi connectivity index (χ0n) is 15.5. The van der Waals surface area contributed by atoms with Crippen LogP contribution in [0.1, 0.15) is 34.1 Å². The zero-order chi connectivity index (χ0) is 20.3. The van der Waals surface area contributed by atoms with Crippen LogP contribution in [0.5, 0.6) is 0 Å². The molecule has 0 amide bonds. The molecule has 7 heteroatoms. The Bertz CT molecular complexity index is 998. The SMILES string of the molecule is CCOCc1c(C(=O)Cl)nn(Cc2ccc(C)c(Cl)c2)c1-c1ccc(Cl)cc1. The monoisotopic (exact) mass is 436 g/mol. The Labute approximate surface area is 179 Å². The van der Waals surface area contributed by atoms with Gasteiger partial charge in [0.1, 0.15) is 0 Å². The number of nitrogens with zero attached hydrogens (tertiary/aromatic N) is 2. The number of halogens is 3. The zero-order valence-corrected chi connectivity index (χ0v) is 17.8. The lowest BCUT2D eigenvalue weighted by Gasteiger charge is -2.11. The number of hydrogen-bond donors (Lipinski definition) is 0. The van der Waals surface area contributed by atoms with Crippen molar-refractivity contribution in [2.75, 3.05) is 6.61 Å². The molecule has 1 heterocycles. The summed E-state index contributed by atoms with van der Waals surface area (Å²) in [6, 6.07) is 13.2. The summed E-state index contributed by atoms with van der Waals surface area (Å²) in [5, 5.41) is 5.17. The minimum atomic E-state index is -0.620. The van der Waals surface area contributed by atoms with E-state index in [4.69, 9.17) is 39.5 Å². The molecule has 0 aliphatic heterocycles. The average molecular weight is 438 g/mol. The van der Waals surface area contributed by atoms with E-state index >= 15 is 0 Å². The molecule has 28 heavy (non-hydrogen) atoms. The van der Waals surface area contributed by atoms with E-state index in [2.05, 4.69) is 5.10 Å². The molecule has 0 saturated heterocycles. The molecule has 0 spiro atoms. The van der Waals surface area contributed by atoms with Crippen LogP contribution in [0, 0.1) is 6.92 Å². The normalized spacial score (nSPS) is 11.0. The molecule has 0 saturated carbocycles. The van der Waals surface area contributed by atoms with Crippen LogP contribution in [0.15, 0.2) is 42.5 Å². The van der Waals surface area contributed by atoms with Gasteiger partial charge in [-0.3, -0.25) is 9.48 Å². The summed E-state index contributed by atoms with van der Waals surface area (Å²) in [5.41, 5.74) is 4.45. The minimum Gasteiger partial charge on any atom is -0.377 e. The number of hydrogen-bond acceptors (Lipinski definition) is 3. The van der Waals surface area contributed by atoms with Crippen molar-refractivity contribution >= 4 is 40.0 Å².